The van der Waals surface area contributed by atoms with E-state index in [0.29, 0.717) is 31.9 Å². The fraction of sp³-hybridized carbons (Fsp3) is 0.591. The molecule has 1 aromatic heterocycles. The van der Waals surface area contributed by atoms with E-state index in [0.717, 1.165) is 53.3 Å². The molecule has 0 aliphatic carbocycles. The van der Waals surface area contributed by atoms with Crippen LogP contribution < -0.4 is 15.0 Å². The zero-order valence-corrected chi connectivity index (χ0v) is 19.3. The SMILES string of the molecule is Cc1c(Br)ccc2c(N3CCCNC(=O)C3)nc(OC[C@@]34CCCN3C[C@H](F)C4)nc12. The zero-order chi connectivity index (χ0) is 21.6. The Kier molecular flexibility index (Phi) is 5.50. The minimum atomic E-state index is -0.800. The number of fused-ring (bicyclic) bond motifs is 2. The van der Waals surface area contributed by atoms with Gasteiger partial charge in [0, 0.05) is 35.9 Å². The lowest BCUT2D eigenvalue weighted by atomic mass is 9.95. The molecule has 0 saturated carbocycles. The number of ether oxygens (including phenoxy) is 1. The molecule has 31 heavy (non-hydrogen) atoms. The Morgan fingerprint density at radius 3 is 3.06 bits per heavy atom. The van der Waals surface area contributed by atoms with Crippen molar-refractivity contribution in [2.45, 2.75) is 44.3 Å². The molecule has 0 unspecified atom stereocenters. The average molecular weight is 492 g/mol. The summed E-state index contributed by atoms with van der Waals surface area (Å²) in [5, 5.41) is 3.81. The van der Waals surface area contributed by atoms with E-state index < -0.39 is 6.17 Å². The van der Waals surface area contributed by atoms with Gasteiger partial charge >= 0.3 is 6.01 Å². The van der Waals surface area contributed by atoms with Crippen LogP contribution in [-0.2, 0) is 4.79 Å². The van der Waals surface area contributed by atoms with Gasteiger partial charge in [0.25, 0.3) is 0 Å². The molecule has 3 fully saturated rings. The van der Waals surface area contributed by atoms with Crippen molar-refractivity contribution in [1.29, 1.82) is 0 Å². The second-order valence-electron chi connectivity index (χ2n) is 8.89. The van der Waals surface area contributed by atoms with Crippen molar-refractivity contribution in [3.05, 3.63) is 22.2 Å². The highest BCUT2D eigenvalue weighted by Gasteiger charge is 2.49. The molecule has 1 aromatic carbocycles. The number of hydrogen-bond acceptors (Lipinski definition) is 6. The number of carbonyl (C=O) groups excluding carboxylic acids is 1. The summed E-state index contributed by atoms with van der Waals surface area (Å²) in [6, 6.07) is 4.26. The van der Waals surface area contributed by atoms with Gasteiger partial charge in [-0.05, 0) is 50.4 Å². The van der Waals surface area contributed by atoms with Crippen molar-refractivity contribution in [3.63, 3.8) is 0 Å². The average Bonchev–Trinajstić information content (AvgIpc) is 3.17. The normalized spacial score (nSPS) is 26.7. The van der Waals surface area contributed by atoms with Gasteiger partial charge in [0.1, 0.15) is 18.6 Å². The highest BCUT2D eigenvalue weighted by molar-refractivity contribution is 9.10. The molecule has 2 aromatic rings. The van der Waals surface area contributed by atoms with E-state index >= 15 is 0 Å². The Hall–Kier alpha value is -2.00. The third-order valence-corrected chi connectivity index (χ3v) is 7.67. The summed E-state index contributed by atoms with van der Waals surface area (Å²) in [6.45, 7) is 5.43. The number of rotatable bonds is 4. The van der Waals surface area contributed by atoms with E-state index in [9.17, 15) is 9.18 Å². The van der Waals surface area contributed by atoms with E-state index in [1.54, 1.807) is 0 Å². The maximum atomic E-state index is 14.1. The molecule has 5 rings (SSSR count). The molecule has 1 amide bonds. The lowest BCUT2D eigenvalue weighted by molar-refractivity contribution is -0.119. The van der Waals surface area contributed by atoms with E-state index in [1.165, 1.54) is 0 Å². The Balaban J connectivity index is 1.51. The second-order valence-corrected chi connectivity index (χ2v) is 9.74. The van der Waals surface area contributed by atoms with Crippen LogP contribution in [0.5, 0.6) is 6.01 Å². The fourth-order valence-corrected chi connectivity index (χ4v) is 5.53. The quantitative estimate of drug-likeness (QED) is 0.708. The van der Waals surface area contributed by atoms with Gasteiger partial charge < -0.3 is 15.0 Å². The van der Waals surface area contributed by atoms with Crippen molar-refractivity contribution in [2.75, 3.05) is 44.2 Å². The molecule has 0 spiro atoms. The summed E-state index contributed by atoms with van der Waals surface area (Å²) in [6.07, 6.45) is 2.55. The van der Waals surface area contributed by atoms with E-state index in [4.69, 9.17) is 14.7 Å². The van der Waals surface area contributed by atoms with Gasteiger partial charge in [0.15, 0.2) is 0 Å². The van der Waals surface area contributed by atoms with Gasteiger partial charge in [-0.1, -0.05) is 15.9 Å². The standard InChI is InChI=1S/C22H27BrFN5O2/c1-14-17(23)5-4-16-19(14)26-21(27-20(16)28-8-3-7-25-18(30)12-28)31-13-22-6-2-9-29(22)11-15(24)10-22/h4-5,15H,2-3,6-13H2,1H3,(H,25,30)/t15-,22+/m1/s1. The molecule has 3 aliphatic heterocycles. The van der Waals surface area contributed by atoms with Crippen LogP contribution in [0.2, 0.25) is 0 Å². The van der Waals surface area contributed by atoms with Gasteiger partial charge in [-0.3, -0.25) is 9.69 Å². The molecule has 1 N–H and O–H groups in total. The molecule has 9 heteroatoms. The maximum absolute atomic E-state index is 14.1. The molecular weight excluding hydrogens is 465 g/mol. The maximum Gasteiger partial charge on any atom is 0.319 e. The largest absolute Gasteiger partial charge is 0.461 e. The Bertz CT molecular complexity index is 1020. The van der Waals surface area contributed by atoms with Crippen LogP contribution in [0.4, 0.5) is 10.2 Å². The first-order chi connectivity index (χ1) is 14.9. The van der Waals surface area contributed by atoms with Crippen molar-refractivity contribution in [3.8, 4) is 6.01 Å². The molecule has 166 valence electrons. The number of anilines is 1. The van der Waals surface area contributed by atoms with Gasteiger partial charge in [-0.15, -0.1) is 0 Å². The van der Waals surface area contributed by atoms with E-state index in [2.05, 4.69) is 26.1 Å². The molecule has 4 heterocycles. The van der Waals surface area contributed by atoms with Crippen LogP contribution in [0.25, 0.3) is 10.9 Å². The summed E-state index contributed by atoms with van der Waals surface area (Å²) in [5.74, 6) is 0.698. The first-order valence-electron chi connectivity index (χ1n) is 11.0. The predicted molar refractivity (Wildman–Crippen MR) is 120 cm³/mol. The first kappa shape index (κ1) is 20.9. The molecule has 0 radical (unpaired) electrons. The third-order valence-electron chi connectivity index (χ3n) is 6.81. The fourth-order valence-electron chi connectivity index (χ4n) is 5.21. The van der Waals surface area contributed by atoms with Gasteiger partial charge in [0.2, 0.25) is 5.91 Å². The topological polar surface area (TPSA) is 70.6 Å². The number of carbonyl (C=O) groups is 1. The molecule has 3 aliphatic rings. The number of nitrogens with zero attached hydrogens (tertiary/aromatic N) is 4. The molecule has 0 bridgehead atoms. The van der Waals surface area contributed by atoms with Crippen LogP contribution in [0.1, 0.15) is 31.2 Å². The summed E-state index contributed by atoms with van der Waals surface area (Å²) >= 11 is 3.59. The van der Waals surface area contributed by atoms with Gasteiger partial charge in [-0.2, -0.15) is 9.97 Å². The number of alkyl halides is 1. The number of aryl methyl sites for hydroxylation is 1. The van der Waals surface area contributed by atoms with Crippen LogP contribution in [0, 0.1) is 6.92 Å². The number of nitrogens with one attached hydrogen (secondary N) is 1. The van der Waals surface area contributed by atoms with Crippen molar-refractivity contribution < 1.29 is 13.9 Å². The minimum absolute atomic E-state index is 0.0130. The van der Waals surface area contributed by atoms with E-state index in [-0.39, 0.29) is 24.0 Å². The van der Waals surface area contributed by atoms with Crippen molar-refractivity contribution >= 4 is 38.6 Å². The Morgan fingerprint density at radius 2 is 2.19 bits per heavy atom. The minimum Gasteiger partial charge on any atom is -0.461 e. The van der Waals surface area contributed by atoms with Gasteiger partial charge in [0.05, 0.1) is 17.6 Å². The Morgan fingerprint density at radius 1 is 1.32 bits per heavy atom. The first-order valence-corrected chi connectivity index (χ1v) is 11.7. The number of aromatic nitrogens is 2. The zero-order valence-electron chi connectivity index (χ0n) is 17.7. The highest BCUT2D eigenvalue weighted by Crippen LogP contribution is 2.40. The lowest BCUT2D eigenvalue weighted by Gasteiger charge is -2.31. The summed E-state index contributed by atoms with van der Waals surface area (Å²) in [5.41, 5.74) is 1.54. The van der Waals surface area contributed by atoms with Crippen molar-refractivity contribution in [2.24, 2.45) is 0 Å². The molecular formula is C22H27BrFN5O2. The smallest absolute Gasteiger partial charge is 0.319 e. The van der Waals surface area contributed by atoms with Crippen LogP contribution >= 0.6 is 15.9 Å². The predicted octanol–water partition coefficient (Wildman–Crippen LogP) is 2.98. The summed E-state index contributed by atoms with van der Waals surface area (Å²) in [4.78, 5) is 25.9. The summed E-state index contributed by atoms with van der Waals surface area (Å²) < 4.78 is 21.2. The van der Waals surface area contributed by atoms with Crippen molar-refractivity contribution in [1.82, 2.24) is 20.2 Å². The van der Waals surface area contributed by atoms with Crippen LogP contribution in [0.3, 0.4) is 0 Å². The monoisotopic (exact) mass is 491 g/mol. The molecule has 3 saturated heterocycles. The Labute approximate surface area is 189 Å². The molecule has 2 atom stereocenters. The lowest BCUT2D eigenvalue weighted by Crippen LogP contribution is -2.43. The third kappa shape index (κ3) is 3.86. The number of amides is 1. The van der Waals surface area contributed by atoms with E-state index in [1.807, 2.05) is 24.0 Å². The van der Waals surface area contributed by atoms with Crippen LogP contribution in [-0.4, -0.2) is 71.8 Å². The van der Waals surface area contributed by atoms with Crippen LogP contribution in [0.15, 0.2) is 16.6 Å². The number of hydrogen-bond donors (Lipinski definition) is 1. The summed E-state index contributed by atoms with van der Waals surface area (Å²) in [7, 11) is 0. The number of halogens is 2. The van der Waals surface area contributed by atoms with Gasteiger partial charge in [-0.25, -0.2) is 4.39 Å². The number of benzene rings is 1. The molecule has 7 nitrogen and oxygen atoms in total. The second kappa shape index (κ2) is 8.16. The highest BCUT2D eigenvalue weighted by atomic mass is 79.9.